The maximum absolute atomic E-state index is 13.4. The van der Waals surface area contributed by atoms with E-state index >= 15 is 0 Å². The van der Waals surface area contributed by atoms with Crippen molar-refractivity contribution < 1.29 is 18.7 Å². The minimum Gasteiger partial charge on any atom is -0.452 e. The minimum absolute atomic E-state index is 0.0393. The lowest BCUT2D eigenvalue weighted by Crippen LogP contribution is -2.32. The summed E-state index contributed by atoms with van der Waals surface area (Å²) < 4.78 is 20.3. The van der Waals surface area contributed by atoms with Gasteiger partial charge in [0.1, 0.15) is 11.4 Å². The van der Waals surface area contributed by atoms with Crippen LogP contribution in [0.4, 0.5) is 4.39 Å². The third-order valence-electron chi connectivity index (χ3n) is 5.11. The summed E-state index contributed by atoms with van der Waals surface area (Å²) in [4.78, 5) is 30.7. The van der Waals surface area contributed by atoms with Crippen molar-refractivity contribution in [3.8, 4) is 5.82 Å². The van der Waals surface area contributed by atoms with Crippen molar-refractivity contribution in [2.45, 2.75) is 25.8 Å². The molecule has 0 aliphatic heterocycles. The first-order valence-electron chi connectivity index (χ1n) is 10.7. The molecule has 0 spiro atoms. The molecule has 1 atom stereocenters. The molecule has 4 rings (SSSR count). The number of halogens is 1. The summed E-state index contributed by atoms with van der Waals surface area (Å²) in [5.74, 6) is -0.931. The van der Waals surface area contributed by atoms with E-state index in [1.54, 1.807) is 35.1 Å². The summed E-state index contributed by atoms with van der Waals surface area (Å²) in [5.41, 5.74) is 1.65. The molecule has 3 aromatic heterocycles. The first-order chi connectivity index (χ1) is 16.4. The van der Waals surface area contributed by atoms with Gasteiger partial charge in [0.15, 0.2) is 12.4 Å². The first-order valence-corrected chi connectivity index (χ1v) is 11.6. The van der Waals surface area contributed by atoms with Crippen molar-refractivity contribution in [2.24, 2.45) is 0 Å². The molecule has 0 saturated carbocycles. The number of nitrogens with one attached hydrogen (secondary N) is 1. The molecule has 174 valence electrons. The average molecular weight is 479 g/mol. The number of nitrogens with zero attached hydrogens (tertiary/aromatic N) is 3. The van der Waals surface area contributed by atoms with Crippen LogP contribution in [0, 0.1) is 5.82 Å². The van der Waals surface area contributed by atoms with Crippen molar-refractivity contribution in [3.63, 3.8) is 0 Å². The number of esters is 1. The lowest BCUT2D eigenvalue weighted by Gasteiger charge is -2.18. The van der Waals surface area contributed by atoms with Crippen LogP contribution in [0.5, 0.6) is 0 Å². The number of ether oxygens (including phenoxy) is 1. The van der Waals surface area contributed by atoms with E-state index in [0.29, 0.717) is 11.5 Å². The zero-order chi connectivity index (χ0) is 24.1. The van der Waals surface area contributed by atoms with Gasteiger partial charge in [-0.15, -0.1) is 11.3 Å². The molecule has 1 aromatic carbocycles. The third-order valence-corrected chi connectivity index (χ3v) is 6.05. The number of benzene rings is 1. The summed E-state index contributed by atoms with van der Waals surface area (Å²) in [7, 11) is 0. The number of thiophene rings is 1. The number of hydrogen-bond acceptors (Lipinski definition) is 6. The predicted molar refractivity (Wildman–Crippen MR) is 126 cm³/mol. The molecular weight excluding hydrogens is 455 g/mol. The third kappa shape index (κ3) is 5.20. The predicted octanol–water partition coefficient (Wildman–Crippen LogP) is 4.65. The van der Waals surface area contributed by atoms with E-state index in [4.69, 9.17) is 4.74 Å². The average Bonchev–Trinajstić information content (AvgIpc) is 3.53. The summed E-state index contributed by atoms with van der Waals surface area (Å²) in [5, 5.41) is 9.07. The van der Waals surface area contributed by atoms with E-state index in [0.717, 1.165) is 10.4 Å². The number of aromatic nitrogens is 3. The lowest BCUT2D eigenvalue weighted by molar-refractivity contribution is -0.124. The Hall–Kier alpha value is -3.85. The maximum Gasteiger partial charge on any atom is 0.342 e. The highest BCUT2D eigenvalue weighted by Crippen LogP contribution is 2.26. The Bertz CT molecular complexity index is 1260. The molecule has 0 saturated heterocycles. The molecule has 0 aliphatic rings. The van der Waals surface area contributed by atoms with E-state index in [2.05, 4.69) is 15.4 Å². The Kier molecular flexibility index (Phi) is 7.12. The smallest absolute Gasteiger partial charge is 0.342 e. The van der Waals surface area contributed by atoms with Crippen LogP contribution in [0.3, 0.4) is 0 Å². The second-order valence-electron chi connectivity index (χ2n) is 7.84. The monoisotopic (exact) mass is 478 g/mol. The quantitative estimate of drug-likeness (QED) is 0.373. The summed E-state index contributed by atoms with van der Waals surface area (Å²) in [6.45, 7) is 3.41. The van der Waals surface area contributed by atoms with Crippen molar-refractivity contribution >= 4 is 23.2 Å². The fourth-order valence-corrected chi connectivity index (χ4v) is 4.38. The van der Waals surface area contributed by atoms with Gasteiger partial charge in [0.05, 0.1) is 17.9 Å². The van der Waals surface area contributed by atoms with Gasteiger partial charge in [-0.1, -0.05) is 38.1 Å². The maximum atomic E-state index is 13.4. The summed E-state index contributed by atoms with van der Waals surface area (Å²) >= 11 is 1.47. The van der Waals surface area contributed by atoms with Crippen LogP contribution in [0.15, 0.2) is 72.4 Å². The topological polar surface area (TPSA) is 86.1 Å². The Morgan fingerprint density at radius 3 is 2.56 bits per heavy atom. The van der Waals surface area contributed by atoms with Crippen LogP contribution in [0.2, 0.25) is 0 Å². The van der Waals surface area contributed by atoms with Gasteiger partial charge in [-0.25, -0.2) is 18.9 Å². The molecule has 3 heterocycles. The number of carbonyl (C=O) groups is 2. The minimum atomic E-state index is -0.643. The van der Waals surface area contributed by atoms with Gasteiger partial charge in [0, 0.05) is 11.1 Å². The molecule has 1 N–H and O–H groups in total. The van der Waals surface area contributed by atoms with Crippen molar-refractivity contribution in [2.75, 3.05) is 6.61 Å². The van der Waals surface area contributed by atoms with Gasteiger partial charge in [0.2, 0.25) is 0 Å². The van der Waals surface area contributed by atoms with Crippen LogP contribution in [0.25, 0.3) is 5.82 Å². The molecule has 1 amide bonds. The normalized spacial score (nSPS) is 11.9. The largest absolute Gasteiger partial charge is 0.452 e. The number of hydrogen-bond donors (Lipinski definition) is 1. The highest BCUT2D eigenvalue weighted by atomic mass is 32.1. The van der Waals surface area contributed by atoms with Gasteiger partial charge >= 0.3 is 5.97 Å². The Morgan fingerprint density at radius 1 is 1.12 bits per heavy atom. The molecule has 7 nitrogen and oxygen atoms in total. The fraction of sp³-hybridized carbons (Fsp3) is 0.200. The van der Waals surface area contributed by atoms with Gasteiger partial charge in [-0.2, -0.15) is 5.10 Å². The Morgan fingerprint density at radius 2 is 1.91 bits per heavy atom. The van der Waals surface area contributed by atoms with Gasteiger partial charge < -0.3 is 10.1 Å². The van der Waals surface area contributed by atoms with Crippen molar-refractivity contribution in [1.82, 2.24) is 20.1 Å². The summed E-state index contributed by atoms with van der Waals surface area (Å²) in [6, 6.07) is 14.6. The van der Waals surface area contributed by atoms with E-state index < -0.39 is 24.5 Å². The van der Waals surface area contributed by atoms with Crippen LogP contribution in [-0.2, 0) is 9.53 Å². The van der Waals surface area contributed by atoms with Gasteiger partial charge in [-0.3, -0.25) is 4.79 Å². The van der Waals surface area contributed by atoms with Crippen molar-refractivity contribution in [1.29, 1.82) is 0 Å². The SMILES string of the molecule is CC(C)c1c(C(=O)OCC(=O)NC(c2ccc(F)cc2)c2cccs2)cnn1-c1ccccn1. The first kappa shape index (κ1) is 23.3. The molecule has 0 fully saturated rings. The molecule has 1 unspecified atom stereocenters. The lowest BCUT2D eigenvalue weighted by atomic mass is 10.1. The van der Waals surface area contributed by atoms with E-state index in [1.807, 2.05) is 37.4 Å². The number of rotatable bonds is 8. The fourth-order valence-electron chi connectivity index (χ4n) is 3.57. The highest BCUT2D eigenvalue weighted by molar-refractivity contribution is 7.10. The van der Waals surface area contributed by atoms with Crippen molar-refractivity contribution in [3.05, 3.63) is 99.9 Å². The van der Waals surface area contributed by atoms with Crippen LogP contribution < -0.4 is 5.32 Å². The zero-order valence-electron chi connectivity index (χ0n) is 18.6. The zero-order valence-corrected chi connectivity index (χ0v) is 19.5. The summed E-state index contributed by atoms with van der Waals surface area (Å²) in [6.07, 6.45) is 3.08. The molecule has 34 heavy (non-hydrogen) atoms. The second-order valence-corrected chi connectivity index (χ2v) is 8.82. The molecule has 4 aromatic rings. The van der Waals surface area contributed by atoms with Gasteiger partial charge in [-0.05, 0) is 47.2 Å². The van der Waals surface area contributed by atoms with Crippen LogP contribution in [0.1, 0.15) is 52.3 Å². The standard InChI is InChI=1S/C25H23FN4O3S/c1-16(2)24-19(14-28-30(24)21-7-3-4-12-27-21)25(32)33-15-22(31)29-23(20-6-5-13-34-20)17-8-10-18(26)11-9-17/h3-14,16,23H,15H2,1-2H3,(H,29,31). The van der Waals surface area contributed by atoms with Gasteiger partial charge in [0.25, 0.3) is 5.91 Å². The van der Waals surface area contributed by atoms with Crippen LogP contribution >= 0.6 is 11.3 Å². The van der Waals surface area contributed by atoms with E-state index in [9.17, 15) is 14.0 Å². The highest BCUT2D eigenvalue weighted by Gasteiger charge is 2.24. The Labute approximate surface area is 200 Å². The Balaban J connectivity index is 1.47. The molecule has 0 aliphatic carbocycles. The van der Waals surface area contributed by atoms with Crippen LogP contribution in [-0.4, -0.2) is 33.2 Å². The number of amides is 1. The number of pyridine rings is 1. The molecule has 0 bridgehead atoms. The number of carbonyl (C=O) groups excluding carboxylic acids is 2. The molecule has 9 heteroatoms. The molecule has 0 radical (unpaired) electrons. The molecular formula is C25H23FN4O3S. The second kappa shape index (κ2) is 10.4. The van der Waals surface area contributed by atoms with E-state index in [1.165, 1.54) is 29.7 Å². The van der Waals surface area contributed by atoms with E-state index in [-0.39, 0.29) is 17.3 Å².